The minimum atomic E-state index is -0.660. The van der Waals surface area contributed by atoms with E-state index in [1.807, 2.05) is 37.3 Å². The number of hydrogen-bond donors (Lipinski definition) is 1. The Bertz CT molecular complexity index is 1030. The van der Waals surface area contributed by atoms with Gasteiger partial charge in [0.15, 0.2) is 5.78 Å². The monoisotopic (exact) mass is 407 g/mol. The highest BCUT2D eigenvalue weighted by Crippen LogP contribution is 2.24. The Morgan fingerprint density at radius 3 is 2.20 bits per heavy atom. The maximum atomic E-state index is 13.9. The molecule has 0 bridgehead atoms. The maximum Gasteiger partial charge on any atom is 0.223 e. The molecule has 0 unspecified atom stereocenters. The third kappa shape index (κ3) is 5.17. The summed E-state index contributed by atoms with van der Waals surface area (Å²) < 4.78 is 27.0. The Balaban J connectivity index is 1.61. The van der Waals surface area contributed by atoms with E-state index in [2.05, 4.69) is 5.32 Å². The Hall–Kier alpha value is -3.34. The smallest absolute Gasteiger partial charge is 0.223 e. The number of halogens is 2. The van der Waals surface area contributed by atoms with Crippen LogP contribution in [0.4, 0.5) is 8.78 Å². The minimum Gasteiger partial charge on any atom is -0.349 e. The summed E-state index contributed by atoms with van der Waals surface area (Å²) in [6, 6.07) is 19.3. The predicted octanol–water partition coefficient (Wildman–Crippen LogP) is 5.72. The van der Waals surface area contributed by atoms with E-state index >= 15 is 0 Å². The molecule has 0 aliphatic rings. The van der Waals surface area contributed by atoms with Gasteiger partial charge in [0.2, 0.25) is 5.91 Å². The van der Waals surface area contributed by atoms with Crippen LogP contribution in [0.3, 0.4) is 0 Å². The predicted molar refractivity (Wildman–Crippen MR) is 113 cm³/mol. The van der Waals surface area contributed by atoms with Crippen LogP contribution in [0, 0.1) is 17.6 Å². The van der Waals surface area contributed by atoms with Gasteiger partial charge in [0.25, 0.3) is 0 Å². The number of carbonyl (C=O) groups is 2. The lowest BCUT2D eigenvalue weighted by atomic mass is 9.96. The SMILES string of the molecule is C[C@@H](CC(=O)c1ccc(-c2ccc(F)cc2F)cc1)C(=O)N[C@H](C)c1ccccc1. The lowest BCUT2D eigenvalue weighted by Gasteiger charge is -2.17. The first-order valence-corrected chi connectivity index (χ1v) is 9.79. The van der Waals surface area contributed by atoms with Crippen molar-refractivity contribution < 1.29 is 18.4 Å². The highest BCUT2D eigenvalue weighted by Gasteiger charge is 2.20. The van der Waals surface area contributed by atoms with Gasteiger partial charge in [-0.25, -0.2) is 8.78 Å². The molecular weight excluding hydrogens is 384 g/mol. The van der Waals surface area contributed by atoms with Crippen molar-refractivity contribution in [2.75, 3.05) is 0 Å². The molecule has 0 fully saturated rings. The van der Waals surface area contributed by atoms with E-state index in [1.165, 1.54) is 12.1 Å². The van der Waals surface area contributed by atoms with Crippen molar-refractivity contribution in [3.8, 4) is 11.1 Å². The van der Waals surface area contributed by atoms with E-state index in [0.29, 0.717) is 11.1 Å². The Morgan fingerprint density at radius 2 is 1.57 bits per heavy atom. The fraction of sp³-hybridized carbons (Fsp3) is 0.200. The number of Topliss-reactive ketones (excluding diaryl/α,β-unsaturated/α-hetero) is 1. The van der Waals surface area contributed by atoms with Crippen LogP contribution in [0.2, 0.25) is 0 Å². The molecule has 1 N–H and O–H groups in total. The van der Waals surface area contributed by atoms with Gasteiger partial charge in [-0.1, -0.05) is 61.5 Å². The van der Waals surface area contributed by atoms with E-state index in [9.17, 15) is 18.4 Å². The topological polar surface area (TPSA) is 46.2 Å². The van der Waals surface area contributed by atoms with Crippen LogP contribution in [0.5, 0.6) is 0 Å². The number of benzene rings is 3. The van der Waals surface area contributed by atoms with Crippen LogP contribution in [-0.2, 0) is 4.79 Å². The molecule has 3 aromatic rings. The molecule has 0 heterocycles. The lowest BCUT2D eigenvalue weighted by molar-refractivity contribution is -0.125. The standard InChI is InChI=1S/C25H23F2NO2/c1-16(25(30)28-17(2)18-6-4-3-5-7-18)14-24(29)20-10-8-19(9-11-20)22-13-12-21(26)15-23(22)27/h3-13,15-17H,14H2,1-2H3,(H,28,30)/t16-,17+/m0/s1. The van der Waals surface area contributed by atoms with E-state index in [4.69, 9.17) is 0 Å². The molecular formula is C25H23F2NO2. The van der Waals surface area contributed by atoms with Gasteiger partial charge >= 0.3 is 0 Å². The minimum absolute atomic E-state index is 0.0671. The van der Waals surface area contributed by atoms with Crippen LogP contribution in [0.25, 0.3) is 11.1 Å². The van der Waals surface area contributed by atoms with Crippen molar-refractivity contribution in [2.24, 2.45) is 5.92 Å². The molecule has 3 aromatic carbocycles. The number of ketones is 1. The third-order valence-electron chi connectivity index (χ3n) is 5.05. The van der Waals surface area contributed by atoms with Gasteiger partial charge in [-0.2, -0.15) is 0 Å². The average molecular weight is 407 g/mol. The summed E-state index contributed by atoms with van der Waals surface area (Å²) >= 11 is 0. The van der Waals surface area contributed by atoms with Crippen LogP contribution < -0.4 is 5.32 Å². The van der Waals surface area contributed by atoms with Crippen molar-refractivity contribution in [2.45, 2.75) is 26.3 Å². The number of nitrogens with one attached hydrogen (secondary N) is 1. The molecule has 30 heavy (non-hydrogen) atoms. The molecule has 0 spiro atoms. The van der Waals surface area contributed by atoms with E-state index in [-0.39, 0.29) is 29.7 Å². The first-order chi connectivity index (χ1) is 14.3. The molecule has 1 amide bonds. The van der Waals surface area contributed by atoms with Crippen molar-refractivity contribution >= 4 is 11.7 Å². The van der Waals surface area contributed by atoms with Gasteiger partial charge in [-0.15, -0.1) is 0 Å². The summed E-state index contributed by atoms with van der Waals surface area (Å²) in [6.07, 6.45) is 0.0671. The van der Waals surface area contributed by atoms with Crippen molar-refractivity contribution in [3.63, 3.8) is 0 Å². The molecule has 0 aliphatic heterocycles. The fourth-order valence-electron chi connectivity index (χ4n) is 3.23. The van der Waals surface area contributed by atoms with Gasteiger partial charge in [-0.3, -0.25) is 9.59 Å². The molecule has 154 valence electrons. The van der Waals surface area contributed by atoms with E-state index in [1.54, 1.807) is 31.2 Å². The van der Waals surface area contributed by atoms with Gasteiger partial charge in [-0.05, 0) is 30.2 Å². The van der Waals surface area contributed by atoms with Gasteiger partial charge in [0.1, 0.15) is 11.6 Å². The summed E-state index contributed by atoms with van der Waals surface area (Å²) in [6.45, 7) is 3.61. The van der Waals surface area contributed by atoms with Crippen LogP contribution in [-0.4, -0.2) is 11.7 Å². The summed E-state index contributed by atoms with van der Waals surface area (Å²) in [5.74, 6) is -2.15. The largest absolute Gasteiger partial charge is 0.349 e. The fourth-order valence-corrected chi connectivity index (χ4v) is 3.23. The second-order valence-corrected chi connectivity index (χ2v) is 7.37. The molecule has 3 nitrogen and oxygen atoms in total. The lowest BCUT2D eigenvalue weighted by Crippen LogP contribution is -2.32. The summed E-state index contributed by atoms with van der Waals surface area (Å²) in [4.78, 5) is 25.0. The van der Waals surface area contributed by atoms with E-state index < -0.39 is 17.6 Å². The normalized spacial score (nSPS) is 12.8. The first kappa shape index (κ1) is 21.4. The highest BCUT2D eigenvalue weighted by atomic mass is 19.1. The van der Waals surface area contributed by atoms with Crippen LogP contribution >= 0.6 is 0 Å². The molecule has 3 rings (SSSR count). The molecule has 2 atom stereocenters. The Morgan fingerprint density at radius 1 is 0.900 bits per heavy atom. The number of hydrogen-bond acceptors (Lipinski definition) is 2. The summed E-state index contributed by atoms with van der Waals surface area (Å²) in [7, 11) is 0. The quantitative estimate of drug-likeness (QED) is 0.509. The van der Waals surface area contributed by atoms with Gasteiger partial charge in [0, 0.05) is 29.5 Å². The van der Waals surface area contributed by atoms with Crippen LogP contribution in [0.1, 0.15) is 42.2 Å². The number of carbonyl (C=O) groups excluding carboxylic acids is 2. The summed E-state index contributed by atoms with van der Waals surface area (Å²) in [5.41, 5.74) is 2.24. The molecule has 0 saturated carbocycles. The summed E-state index contributed by atoms with van der Waals surface area (Å²) in [5, 5.41) is 2.93. The molecule has 0 aliphatic carbocycles. The first-order valence-electron chi connectivity index (χ1n) is 9.79. The third-order valence-corrected chi connectivity index (χ3v) is 5.05. The Labute approximate surface area is 174 Å². The average Bonchev–Trinajstić information content (AvgIpc) is 2.74. The maximum absolute atomic E-state index is 13.9. The molecule has 0 saturated heterocycles. The molecule has 0 aromatic heterocycles. The second kappa shape index (κ2) is 9.44. The van der Waals surface area contributed by atoms with Crippen molar-refractivity contribution in [3.05, 3.63) is 95.6 Å². The highest BCUT2D eigenvalue weighted by molar-refractivity contribution is 5.99. The van der Waals surface area contributed by atoms with Crippen molar-refractivity contribution in [1.82, 2.24) is 5.32 Å². The number of rotatable bonds is 7. The van der Waals surface area contributed by atoms with Gasteiger partial charge in [0.05, 0.1) is 6.04 Å². The number of amides is 1. The Kier molecular flexibility index (Phi) is 6.72. The van der Waals surface area contributed by atoms with Crippen molar-refractivity contribution in [1.29, 1.82) is 0 Å². The zero-order valence-corrected chi connectivity index (χ0v) is 16.9. The molecule has 5 heteroatoms. The van der Waals surface area contributed by atoms with Crippen LogP contribution in [0.15, 0.2) is 72.8 Å². The van der Waals surface area contributed by atoms with Gasteiger partial charge < -0.3 is 5.32 Å². The second-order valence-electron chi connectivity index (χ2n) is 7.37. The zero-order valence-electron chi connectivity index (χ0n) is 16.9. The zero-order chi connectivity index (χ0) is 21.7. The molecule has 0 radical (unpaired) electrons. The van der Waals surface area contributed by atoms with E-state index in [0.717, 1.165) is 11.6 Å².